The highest BCUT2D eigenvalue weighted by Gasteiger charge is 2.16. The summed E-state index contributed by atoms with van der Waals surface area (Å²) in [6, 6.07) is 3.28. The Balaban J connectivity index is 2.11. The number of hydrogen-bond donors (Lipinski definition) is 1. The van der Waals surface area contributed by atoms with E-state index < -0.39 is 0 Å². The number of nitrogens with zero attached hydrogens (tertiary/aromatic N) is 2. The summed E-state index contributed by atoms with van der Waals surface area (Å²) in [4.78, 5) is 15.1. The molecule has 1 heterocycles. The summed E-state index contributed by atoms with van der Waals surface area (Å²) in [5, 5.41) is 15.1. The molecule has 112 valence electrons. The molecule has 0 saturated carbocycles. The molecule has 6 nitrogen and oxygen atoms in total. The normalized spacial score (nSPS) is 10.8. The summed E-state index contributed by atoms with van der Waals surface area (Å²) in [7, 11) is 0. The Morgan fingerprint density at radius 2 is 2.33 bits per heavy atom. The third kappa shape index (κ3) is 3.99. The van der Waals surface area contributed by atoms with Crippen molar-refractivity contribution in [2.75, 3.05) is 25.1 Å². The number of aryl methyl sites for hydroxylation is 1. The highest BCUT2D eigenvalue weighted by Crippen LogP contribution is 2.32. The van der Waals surface area contributed by atoms with Gasteiger partial charge in [-0.05, 0) is 19.9 Å². The molecule has 1 N–H and O–H groups in total. The van der Waals surface area contributed by atoms with Crippen molar-refractivity contribution in [3.63, 3.8) is 0 Å². The maximum atomic E-state index is 11.2. The van der Waals surface area contributed by atoms with E-state index >= 15 is 0 Å². The predicted molar refractivity (Wildman–Crippen MR) is 85.1 cm³/mol. The van der Waals surface area contributed by atoms with E-state index in [1.165, 1.54) is 11.3 Å². The summed E-state index contributed by atoms with van der Waals surface area (Å²) in [6.45, 7) is 8.95. The van der Waals surface area contributed by atoms with Gasteiger partial charge in [0.05, 0.1) is 33.4 Å². The quantitative estimate of drug-likeness (QED) is 0.366. The van der Waals surface area contributed by atoms with Gasteiger partial charge in [-0.15, -0.1) is 11.3 Å². The number of anilines is 1. The van der Waals surface area contributed by atoms with Gasteiger partial charge in [0.2, 0.25) is 0 Å². The minimum absolute atomic E-state index is 0.0612. The van der Waals surface area contributed by atoms with Gasteiger partial charge in [0.25, 0.3) is 5.69 Å². The lowest BCUT2D eigenvalue weighted by molar-refractivity contribution is -0.383. The fourth-order valence-electron chi connectivity index (χ4n) is 1.88. The number of nitro groups is 1. The number of nitrogens with one attached hydrogen (secondary N) is 1. The minimum Gasteiger partial charge on any atom is -0.377 e. The fourth-order valence-corrected chi connectivity index (χ4v) is 2.72. The van der Waals surface area contributed by atoms with Crippen LogP contribution >= 0.6 is 11.3 Å². The summed E-state index contributed by atoms with van der Waals surface area (Å²) in [5.74, 6) is 0. The SMILES string of the molecule is C=C(C)COCCNc1cc2nc(C)sc2cc1[N+](=O)[O-]. The van der Waals surface area contributed by atoms with Crippen LogP contribution in [0, 0.1) is 17.0 Å². The Kier molecular flexibility index (Phi) is 4.87. The smallest absolute Gasteiger partial charge is 0.293 e. The molecule has 0 amide bonds. The largest absolute Gasteiger partial charge is 0.377 e. The minimum atomic E-state index is -0.383. The van der Waals surface area contributed by atoms with E-state index in [4.69, 9.17) is 4.74 Å². The first kappa shape index (κ1) is 15.4. The Bertz CT molecular complexity index is 681. The molecular weight excluding hydrogens is 290 g/mol. The van der Waals surface area contributed by atoms with Crippen LogP contribution in [0.15, 0.2) is 24.3 Å². The van der Waals surface area contributed by atoms with E-state index in [1.54, 1.807) is 12.1 Å². The lowest BCUT2D eigenvalue weighted by Crippen LogP contribution is -2.11. The molecule has 0 aliphatic rings. The second kappa shape index (κ2) is 6.64. The molecule has 0 atom stereocenters. The van der Waals surface area contributed by atoms with Gasteiger partial charge in [0.15, 0.2) is 0 Å². The van der Waals surface area contributed by atoms with Gasteiger partial charge in [-0.3, -0.25) is 10.1 Å². The molecule has 0 aliphatic carbocycles. The highest BCUT2D eigenvalue weighted by atomic mass is 32.1. The van der Waals surface area contributed by atoms with Crippen molar-refractivity contribution in [2.45, 2.75) is 13.8 Å². The standard InChI is InChI=1S/C14H17N3O3S/c1-9(2)8-20-5-4-15-11-6-12-14(21-10(3)16-12)7-13(11)17(18)19/h6-7,15H,1,4-5,8H2,2-3H3. The van der Waals surface area contributed by atoms with Crippen molar-refractivity contribution < 1.29 is 9.66 Å². The molecule has 1 aromatic carbocycles. The molecule has 2 aromatic rings. The Morgan fingerprint density at radius 1 is 1.57 bits per heavy atom. The van der Waals surface area contributed by atoms with Gasteiger partial charge >= 0.3 is 0 Å². The number of nitro benzene ring substituents is 1. The van der Waals surface area contributed by atoms with Crippen LogP contribution in [0.3, 0.4) is 0 Å². The van der Waals surface area contributed by atoms with Crippen LogP contribution in [0.5, 0.6) is 0 Å². The van der Waals surface area contributed by atoms with Crippen LogP contribution in [-0.4, -0.2) is 29.7 Å². The highest BCUT2D eigenvalue weighted by molar-refractivity contribution is 7.18. The first-order chi connectivity index (χ1) is 9.97. The van der Waals surface area contributed by atoms with Gasteiger partial charge < -0.3 is 10.1 Å². The molecule has 2 rings (SSSR count). The first-order valence-electron chi connectivity index (χ1n) is 6.49. The van der Waals surface area contributed by atoms with E-state index in [2.05, 4.69) is 16.9 Å². The zero-order chi connectivity index (χ0) is 15.4. The first-order valence-corrected chi connectivity index (χ1v) is 7.30. The molecule has 0 fully saturated rings. The van der Waals surface area contributed by atoms with Crippen LogP contribution < -0.4 is 5.32 Å². The van der Waals surface area contributed by atoms with Crippen LogP contribution in [0.4, 0.5) is 11.4 Å². The zero-order valence-electron chi connectivity index (χ0n) is 12.0. The van der Waals surface area contributed by atoms with Gasteiger partial charge in [0, 0.05) is 12.6 Å². The van der Waals surface area contributed by atoms with Crippen LogP contribution in [-0.2, 0) is 4.74 Å². The van der Waals surface area contributed by atoms with E-state index in [1.807, 2.05) is 13.8 Å². The number of thiazole rings is 1. The zero-order valence-corrected chi connectivity index (χ0v) is 12.8. The van der Waals surface area contributed by atoms with Crippen LogP contribution in [0.1, 0.15) is 11.9 Å². The molecule has 0 unspecified atom stereocenters. The molecular formula is C14H17N3O3S. The van der Waals surface area contributed by atoms with Crippen LogP contribution in [0.25, 0.3) is 10.2 Å². The van der Waals surface area contributed by atoms with Crippen molar-refractivity contribution in [3.05, 3.63) is 39.4 Å². The van der Waals surface area contributed by atoms with E-state index in [9.17, 15) is 10.1 Å². The predicted octanol–water partition coefficient (Wildman–Crippen LogP) is 3.52. The average molecular weight is 307 g/mol. The van der Waals surface area contributed by atoms with Crippen molar-refractivity contribution in [1.29, 1.82) is 0 Å². The van der Waals surface area contributed by atoms with Crippen molar-refractivity contribution >= 4 is 32.9 Å². The van der Waals surface area contributed by atoms with Crippen LogP contribution in [0.2, 0.25) is 0 Å². The van der Waals surface area contributed by atoms with Gasteiger partial charge in [-0.25, -0.2) is 4.98 Å². The molecule has 0 radical (unpaired) electrons. The third-order valence-corrected chi connectivity index (χ3v) is 3.65. The van der Waals surface area contributed by atoms with Crippen molar-refractivity contribution in [3.8, 4) is 0 Å². The molecule has 7 heteroatoms. The topological polar surface area (TPSA) is 77.3 Å². The molecule has 21 heavy (non-hydrogen) atoms. The second-order valence-electron chi connectivity index (χ2n) is 4.76. The lowest BCUT2D eigenvalue weighted by atomic mass is 10.2. The number of fused-ring (bicyclic) bond motifs is 1. The number of benzene rings is 1. The maximum Gasteiger partial charge on any atom is 0.293 e. The van der Waals surface area contributed by atoms with Gasteiger partial charge in [-0.1, -0.05) is 12.2 Å². The second-order valence-corrected chi connectivity index (χ2v) is 6.00. The summed E-state index contributed by atoms with van der Waals surface area (Å²) in [6.07, 6.45) is 0. The van der Waals surface area contributed by atoms with E-state index in [0.717, 1.165) is 20.8 Å². The van der Waals surface area contributed by atoms with Gasteiger partial charge in [0.1, 0.15) is 5.69 Å². The van der Waals surface area contributed by atoms with Gasteiger partial charge in [-0.2, -0.15) is 0 Å². The molecule has 0 spiro atoms. The van der Waals surface area contributed by atoms with E-state index in [-0.39, 0.29) is 10.6 Å². The summed E-state index contributed by atoms with van der Waals surface area (Å²) < 4.78 is 6.19. The van der Waals surface area contributed by atoms with Crippen molar-refractivity contribution in [1.82, 2.24) is 4.98 Å². The molecule has 0 bridgehead atoms. The maximum absolute atomic E-state index is 11.2. The fraction of sp³-hybridized carbons (Fsp3) is 0.357. The molecule has 0 aliphatic heterocycles. The van der Waals surface area contributed by atoms with Crippen molar-refractivity contribution in [2.24, 2.45) is 0 Å². The Hall–Kier alpha value is -1.99. The Morgan fingerprint density at radius 3 is 3.00 bits per heavy atom. The molecule has 1 aromatic heterocycles. The lowest BCUT2D eigenvalue weighted by Gasteiger charge is -2.08. The Labute approximate surface area is 126 Å². The van der Waals surface area contributed by atoms with E-state index in [0.29, 0.717) is 25.4 Å². The number of rotatable bonds is 7. The monoisotopic (exact) mass is 307 g/mol. The number of hydrogen-bond acceptors (Lipinski definition) is 6. The third-order valence-electron chi connectivity index (χ3n) is 2.72. The number of aromatic nitrogens is 1. The average Bonchev–Trinajstić information content (AvgIpc) is 2.75. The number of ether oxygens (including phenoxy) is 1. The summed E-state index contributed by atoms with van der Waals surface area (Å²) in [5.41, 5.74) is 2.25. The summed E-state index contributed by atoms with van der Waals surface area (Å²) >= 11 is 1.45. The molecule has 0 saturated heterocycles.